The van der Waals surface area contributed by atoms with Gasteiger partial charge in [-0.1, -0.05) is 42.9 Å². The lowest BCUT2D eigenvalue weighted by Gasteiger charge is -2.22. The monoisotopic (exact) mass is 489 g/mol. The number of carboxylic acid groups (broad SMARTS) is 1. The number of nitrogens with one attached hydrogen (secondary N) is 2. The number of hydrogen-bond acceptors (Lipinski definition) is 4. The molecule has 1 aromatic carbocycles. The molecule has 1 unspecified atom stereocenters. The molecule has 0 saturated heterocycles. The molecule has 27 heavy (non-hydrogen) atoms. The average Bonchev–Trinajstić information content (AvgIpc) is 2.60. The molecule has 0 heterocycles. The number of nitrogens with two attached hydrogens (primary N) is 1. The number of carbonyl (C=O) groups excluding carboxylic acids is 2. The highest BCUT2D eigenvalue weighted by Gasteiger charge is 2.27. The fourth-order valence-electron chi connectivity index (χ4n) is 2.55. The summed E-state index contributed by atoms with van der Waals surface area (Å²) in [6.07, 6.45) is 2.44. The quantitative estimate of drug-likeness (QED) is 0.165. The van der Waals surface area contributed by atoms with Crippen molar-refractivity contribution in [1.29, 1.82) is 0 Å². The average molecular weight is 489 g/mol. The van der Waals surface area contributed by atoms with E-state index >= 15 is 0 Å². The van der Waals surface area contributed by atoms with Crippen LogP contribution in [0, 0.1) is 5.92 Å². The van der Waals surface area contributed by atoms with Gasteiger partial charge in [0.25, 0.3) is 5.91 Å². The number of unbranched alkanes of at least 4 members (excludes halogenated alkanes) is 1. The number of nitrogen functional groups attached to an aromatic ring is 1. The molecule has 0 bridgehead atoms. The Hall–Kier alpha value is -1.84. The van der Waals surface area contributed by atoms with E-state index in [1.54, 1.807) is 24.3 Å². The van der Waals surface area contributed by atoms with Gasteiger partial charge in [0.1, 0.15) is 12.1 Å². The van der Waals surface area contributed by atoms with Crippen molar-refractivity contribution < 1.29 is 19.5 Å². The fourth-order valence-corrected chi connectivity index (χ4v) is 3.09. The first-order valence-electron chi connectivity index (χ1n) is 9.00. The van der Waals surface area contributed by atoms with Crippen LogP contribution in [-0.2, 0) is 9.59 Å². The molecule has 0 aliphatic carbocycles. The van der Waals surface area contributed by atoms with Crippen molar-refractivity contribution in [3.63, 3.8) is 0 Å². The topological polar surface area (TPSA) is 122 Å². The lowest BCUT2D eigenvalue weighted by atomic mass is 10.0. The fraction of sp³-hybridized carbons (Fsp3) is 0.526. The maximum atomic E-state index is 12.6. The Morgan fingerprint density at radius 3 is 2.22 bits per heavy atom. The van der Waals surface area contributed by atoms with Gasteiger partial charge in [-0.15, -0.1) is 0 Å². The summed E-state index contributed by atoms with van der Waals surface area (Å²) in [5.41, 5.74) is 6.57. The van der Waals surface area contributed by atoms with Gasteiger partial charge in [0.05, 0.1) is 0 Å². The van der Waals surface area contributed by atoms with Crippen LogP contribution in [0.3, 0.4) is 0 Å². The smallest absolute Gasteiger partial charge is 0.326 e. The highest BCUT2D eigenvalue weighted by atomic mass is 127. The number of halogens is 1. The molecule has 2 amide bonds. The molecule has 1 aromatic rings. The Balaban J connectivity index is 2.84. The van der Waals surface area contributed by atoms with Crippen LogP contribution in [-0.4, -0.2) is 39.4 Å². The zero-order valence-corrected chi connectivity index (χ0v) is 17.9. The Bertz CT molecular complexity index is 634. The van der Waals surface area contributed by atoms with Gasteiger partial charge in [0, 0.05) is 11.3 Å². The van der Waals surface area contributed by atoms with Gasteiger partial charge < -0.3 is 21.5 Å². The minimum atomic E-state index is -1.08. The summed E-state index contributed by atoms with van der Waals surface area (Å²) in [6, 6.07) is 4.64. The number of amides is 2. The molecular weight excluding hydrogens is 461 g/mol. The summed E-state index contributed by atoms with van der Waals surface area (Å²) in [5, 5.41) is 14.6. The third kappa shape index (κ3) is 8.59. The summed E-state index contributed by atoms with van der Waals surface area (Å²) >= 11 is 2.25. The molecule has 2 atom stereocenters. The van der Waals surface area contributed by atoms with E-state index in [2.05, 4.69) is 33.2 Å². The second-order valence-corrected chi connectivity index (χ2v) is 7.94. The van der Waals surface area contributed by atoms with E-state index in [4.69, 9.17) is 5.73 Å². The number of alkyl halides is 1. The Morgan fingerprint density at radius 1 is 1.07 bits per heavy atom. The third-order valence-electron chi connectivity index (χ3n) is 3.99. The van der Waals surface area contributed by atoms with E-state index < -0.39 is 24.0 Å². The van der Waals surface area contributed by atoms with Gasteiger partial charge in [-0.3, -0.25) is 9.59 Å². The summed E-state index contributed by atoms with van der Waals surface area (Å²) < 4.78 is 0.948. The number of aliphatic carboxylic acids is 1. The van der Waals surface area contributed by atoms with Crippen LogP contribution in [0.25, 0.3) is 0 Å². The van der Waals surface area contributed by atoms with E-state index in [0.717, 1.165) is 17.3 Å². The first kappa shape index (κ1) is 23.2. The van der Waals surface area contributed by atoms with Gasteiger partial charge in [0.2, 0.25) is 5.91 Å². The number of anilines is 1. The lowest BCUT2D eigenvalue weighted by molar-refractivity contribution is -0.142. The number of benzene rings is 1. The molecule has 0 aliphatic rings. The van der Waals surface area contributed by atoms with Crippen LogP contribution in [0.2, 0.25) is 0 Å². The first-order valence-corrected chi connectivity index (χ1v) is 10.5. The molecule has 0 saturated carbocycles. The Kier molecular flexibility index (Phi) is 10.1. The van der Waals surface area contributed by atoms with E-state index in [9.17, 15) is 19.5 Å². The highest BCUT2D eigenvalue weighted by Crippen LogP contribution is 2.10. The molecule has 0 aliphatic heterocycles. The van der Waals surface area contributed by atoms with Gasteiger partial charge in [-0.05, 0) is 53.9 Å². The first-order chi connectivity index (χ1) is 12.7. The van der Waals surface area contributed by atoms with E-state index in [1.165, 1.54) is 0 Å². The molecule has 1 rings (SSSR count). The summed E-state index contributed by atoms with van der Waals surface area (Å²) in [4.78, 5) is 36.5. The second-order valence-electron chi connectivity index (χ2n) is 6.86. The van der Waals surface area contributed by atoms with Crippen molar-refractivity contribution in [1.82, 2.24) is 10.6 Å². The number of carboxylic acids is 1. The number of hydrogen-bond donors (Lipinski definition) is 4. The molecule has 0 aromatic heterocycles. The van der Waals surface area contributed by atoms with E-state index in [0.29, 0.717) is 24.1 Å². The standard InChI is InChI=1S/C19H28IN3O4/c1-12(2)11-16(19(26)27)23-18(25)15(5-3-4-10-20)22-17(24)13-6-8-14(21)9-7-13/h6-9,12,15-16H,3-5,10-11,21H2,1-2H3,(H,22,24)(H,23,25)(H,26,27)/t15-,16?/m0/s1. The maximum absolute atomic E-state index is 12.6. The predicted octanol–water partition coefficient (Wildman–Crippen LogP) is 2.59. The number of carbonyl (C=O) groups is 3. The zero-order valence-electron chi connectivity index (χ0n) is 15.7. The van der Waals surface area contributed by atoms with Gasteiger partial charge >= 0.3 is 5.97 Å². The molecule has 0 fully saturated rings. The Labute approximate surface area is 173 Å². The highest BCUT2D eigenvalue weighted by molar-refractivity contribution is 14.1. The summed E-state index contributed by atoms with van der Waals surface area (Å²) in [7, 11) is 0. The van der Waals surface area contributed by atoms with Crippen LogP contribution < -0.4 is 16.4 Å². The van der Waals surface area contributed by atoms with Crippen LogP contribution >= 0.6 is 22.6 Å². The van der Waals surface area contributed by atoms with Gasteiger partial charge in [-0.2, -0.15) is 0 Å². The van der Waals surface area contributed by atoms with Crippen molar-refractivity contribution in [2.75, 3.05) is 10.2 Å². The van der Waals surface area contributed by atoms with Crippen LogP contribution in [0.15, 0.2) is 24.3 Å². The van der Waals surface area contributed by atoms with Crippen LogP contribution in [0.5, 0.6) is 0 Å². The van der Waals surface area contributed by atoms with Crippen molar-refractivity contribution in [2.45, 2.75) is 51.6 Å². The number of rotatable bonds is 11. The normalized spacial score (nSPS) is 13.0. The molecular formula is C19H28IN3O4. The van der Waals surface area contributed by atoms with Crippen LogP contribution in [0.1, 0.15) is 49.9 Å². The largest absolute Gasteiger partial charge is 0.480 e. The summed E-state index contributed by atoms with van der Waals surface area (Å²) in [6.45, 7) is 3.78. The van der Waals surface area contributed by atoms with Crippen molar-refractivity contribution >= 4 is 46.1 Å². The maximum Gasteiger partial charge on any atom is 0.326 e. The molecule has 5 N–H and O–H groups in total. The SMILES string of the molecule is CC(C)CC(NC(=O)[C@H](CCCCI)NC(=O)c1ccc(N)cc1)C(=O)O. The molecule has 0 spiro atoms. The Morgan fingerprint density at radius 2 is 1.70 bits per heavy atom. The minimum absolute atomic E-state index is 0.119. The van der Waals surface area contributed by atoms with E-state index in [-0.39, 0.29) is 11.8 Å². The summed E-state index contributed by atoms with van der Waals surface area (Å²) in [5.74, 6) is -1.82. The van der Waals surface area contributed by atoms with Crippen molar-refractivity contribution in [3.8, 4) is 0 Å². The van der Waals surface area contributed by atoms with E-state index in [1.807, 2.05) is 13.8 Å². The molecule has 7 nitrogen and oxygen atoms in total. The van der Waals surface area contributed by atoms with Gasteiger partial charge in [-0.25, -0.2) is 4.79 Å². The predicted molar refractivity (Wildman–Crippen MR) is 114 cm³/mol. The second kappa shape index (κ2) is 11.8. The van der Waals surface area contributed by atoms with Crippen molar-refractivity contribution in [3.05, 3.63) is 29.8 Å². The lowest BCUT2D eigenvalue weighted by Crippen LogP contribution is -2.51. The molecule has 0 radical (unpaired) electrons. The third-order valence-corrected chi connectivity index (χ3v) is 4.76. The van der Waals surface area contributed by atoms with Crippen LogP contribution in [0.4, 0.5) is 5.69 Å². The molecule has 150 valence electrons. The zero-order chi connectivity index (χ0) is 20.4. The van der Waals surface area contributed by atoms with Crippen molar-refractivity contribution in [2.24, 2.45) is 5.92 Å². The molecule has 8 heteroatoms. The minimum Gasteiger partial charge on any atom is -0.480 e. The van der Waals surface area contributed by atoms with Gasteiger partial charge in [0.15, 0.2) is 0 Å².